The summed E-state index contributed by atoms with van der Waals surface area (Å²) in [6.07, 6.45) is 1.30. The molecule has 35 heavy (non-hydrogen) atoms. The van der Waals surface area contributed by atoms with Gasteiger partial charge in [-0.05, 0) is 49.2 Å². The van der Waals surface area contributed by atoms with Gasteiger partial charge in [0.15, 0.2) is 0 Å². The second kappa shape index (κ2) is 10.7. The van der Waals surface area contributed by atoms with E-state index in [9.17, 15) is 14.4 Å². The summed E-state index contributed by atoms with van der Waals surface area (Å²) >= 11 is 7.18. The van der Waals surface area contributed by atoms with Crippen LogP contribution in [0.5, 0.6) is 5.75 Å². The van der Waals surface area contributed by atoms with E-state index in [0.29, 0.717) is 31.7 Å². The molecule has 0 aliphatic heterocycles. The number of carbonyl (C=O) groups excluding carboxylic acids is 2. The Balaban J connectivity index is 1.43. The summed E-state index contributed by atoms with van der Waals surface area (Å²) in [5.41, 5.74) is 1.48. The summed E-state index contributed by atoms with van der Waals surface area (Å²) in [5, 5.41) is 3.54. The van der Waals surface area contributed by atoms with Crippen molar-refractivity contribution in [1.82, 2.24) is 9.55 Å². The molecule has 0 radical (unpaired) electrons. The van der Waals surface area contributed by atoms with E-state index in [-0.39, 0.29) is 25.1 Å². The van der Waals surface area contributed by atoms with Gasteiger partial charge >= 0.3 is 5.97 Å². The number of amides is 1. The molecule has 8 nitrogen and oxygen atoms in total. The number of aryl methyl sites for hydroxylation is 2. The molecule has 4 aromatic rings. The van der Waals surface area contributed by atoms with Gasteiger partial charge in [-0.15, -0.1) is 11.3 Å². The Hall–Kier alpha value is -3.69. The standard InChI is InChI=1S/C25H22ClN3O5S/c1-15-8-9-17(12-19(15)26)28-20(30)13-29-14-27-23-21(24(29)31)16(2)22(35-23)25(32)34-11-10-33-18-6-4-3-5-7-18/h3-9,12,14H,10-11,13H2,1-2H3,(H,28,30). The van der Waals surface area contributed by atoms with Crippen LogP contribution in [0.25, 0.3) is 10.2 Å². The fraction of sp³-hybridized carbons (Fsp3) is 0.200. The van der Waals surface area contributed by atoms with Crippen molar-refractivity contribution < 1.29 is 19.1 Å². The number of esters is 1. The van der Waals surface area contributed by atoms with E-state index in [1.165, 1.54) is 10.9 Å². The van der Waals surface area contributed by atoms with E-state index in [4.69, 9.17) is 21.1 Å². The largest absolute Gasteiger partial charge is 0.490 e. The first-order valence-corrected chi connectivity index (χ1v) is 11.9. The smallest absolute Gasteiger partial charge is 0.348 e. The summed E-state index contributed by atoms with van der Waals surface area (Å²) < 4.78 is 12.0. The van der Waals surface area contributed by atoms with Crippen molar-refractivity contribution in [3.8, 4) is 5.75 Å². The van der Waals surface area contributed by atoms with Crippen molar-refractivity contribution in [2.75, 3.05) is 18.5 Å². The summed E-state index contributed by atoms with van der Waals surface area (Å²) in [6, 6.07) is 14.4. The highest BCUT2D eigenvalue weighted by atomic mass is 35.5. The number of para-hydroxylation sites is 1. The van der Waals surface area contributed by atoms with Crippen LogP contribution in [0.15, 0.2) is 59.7 Å². The molecule has 0 aliphatic rings. The number of nitrogens with zero attached hydrogens (tertiary/aromatic N) is 2. The molecule has 0 fully saturated rings. The molecule has 2 aromatic carbocycles. The number of fused-ring (bicyclic) bond motifs is 1. The number of hydrogen-bond acceptors (Lipinski definition) is 7. The molecule has 0 aliphatic carbocycles. The van der Waals surface area contributed by atoms with E-state index in [1.807, 2.05) is 37.3 Å². The first kappa shape index (κ1) is 24.4. The lowest BCUT2D eigenvalue weighted by molar-refractivity contribution is -0.116. The molecule has 0 spiro atoms. The van der Waals surface area contributed by atoms with Crippen LogP contribution in [0.2, 0.25) is 5.02 Å². The number of nitrogens with one attached hydrogen (secondary N) is 1. The second-order valence-corrected chi connectivity index (χ2v) is 9.13. The van der Waals surface area contributed by atoms with Gasteiger partial charge in [-0.3, -0.25) is 14.2 Å². The van der Waals surface area contributed by atoms with E-state index in [0.717, 1.165) is 16.9 Å². The monoisotopic (exact) mass is 511 g/mol. The van der Waals surface area contributed by atoms with E-state index < -0.39 is 17.4 Å². The minimum Gasteiger partial charge on any atom is -0.490 e. The van der Waals surface area contributed by atoms with Crippen LogP contribution in [0.3, 0.4) is 0 Å². The number of aromatic nitrogens is 2. The van der Waals surface area contributed by atoms with Gasteiger partial charge in [-0.2, -0.15) is 0 Å². The topological polar surface area (TPSA) is 99.5 Å². The van der Waals surface area contributed by atoms with Crippen molar-refractivity contribution >= 4 is 50.7 Å². The number of benzene rings is 2. The second-order valence-electron chi connectivity index (χ2n) is 7.72. The summed E-state index contributed by atoms with van der Waals surface area (Å²) in [5.74, 6) is -0.276. The molecule has 0 saturated carbocycles. The van der Waals surface area contributed by atoms with Crippen molar-refractivity contribution in [3.05, 3.63) is 86.2 Å². The summed E-state index contributed by atoms with van der Waals surface area (Å²) in [7, 11) is 0. The molecule has 0 unspecified atom stereocenters. The Labute approximate surface area is 210 Å². The quantitative estimate of drug-likeness (QED) is 0.274. The fourth-order valence-electron chi connectivity index (χ4n) is 3.37. The van der Waals surface area contributed by atoms with Gasteiger partial charge < -0.3 is 14.8 Å². The molecule has 2 aromatic heterocycles. The van der Waals surface area contributed by atoms with Crippen molar-refractivity contribution in [2.45, 2.75) is 20.4 Å². The SMILES string of the molecule is Cc1ccc(NC(=O)Cn2cnc3sc(C(=O)OCCOc4ccccc4)c(C)c3c2=O)cc1Cl. The number of halogens is 1. The lowest BCUT2D eigenvalue weighted by atomic mass is 10.2. The fourth-order valence-corrected chi connectivity index (χ4v) is 4.58. The zero-order valence-corrected chi connectivity index (χ0v) is 20.6. The van der Waals surface area contributed by atoms with Crippen LogP contribution >= 0.6 is 22.9 Å². The molecule has 1 amide bonds. The third-order valence-electron chi connectivity index (χ3n) is 5.20. The molecular weight excluding hydrogens is 490 g/mol. The summed E-state index contributed by atoms with van der Waals surface area (Å²) in [6.45, 7) is 3.55. The minimum absolute atomic E-state index is 0.0578. The van der Waals surface area contributed by atoms with Gasteiger partial charge in [0, 0.05) is 10.7 Å². The van der Waals surface area contributed by atoms with Gasteiger partial charge in [0.2, 0.25) is 5.91 Å². The van der Waals surface area contributed by atoms with Crippen molar-refractivity contribution in [3.63, 3.8) is 0 Å². The first-order valence-electron chi connectivity index (χ1n) is 10.7. The number of ether oxygens (including phenoxy) is 2. The maximum absolute atomic E-state index is 13.0. The average Bonchev–Trinajstić information content (AvgIpc) is 3.18. The molecule has 4 rings (SSSR count). The van der Waals surface area contributed by atoms with Crippen LogP contribution < -0.4 is 15.6 Å². The third kappa shape index (κ3) is 5.70. The normalized spacial score (nSPS) is 10.8. The molecule has 0 atom stereocenters. The zero-order valence-electron chi connectivity index (χ0n) is 19.0. The highest BCUT2D eigenvalue weighted by Gasteiger charge is 2.21. The van der Waals surface area contributed by atoms with Gasteiger partial charge in [0.25, 0.3) is 5.56 Å². The van der Waals surface area contributed by atoms with Gasteiger partial charge in [-0.1, -0.05) is 35.9 Å². The Bertz CT molecular complexity index is 1450. The number of thiophene rings is 1. The predicted molar refractivity (Wildman–Crippen MR) is 136 cm³/mol. The van der Waals surface area contributed by atoms with Crippen LogP contribution in [-0.2, 0) is 16.1 Å². The minimum atomic E-state index is -0.554. The average molecular weight is 512 g/mol. The molecule has 0 saturated heterocycles. The number of hydrogen-bond donors (Lipinski definition) is 1. The van der Waals surface area contributed by atoms with Crippen LogP contribution in [0, 0.1) is 13.8 Å². The highest BCUT2D eigenvalue weighted by molar-refractivity contribution is 7.20. The number of anilines is 1. The Morgan fingerprint density at radius 1 is 1.11 bits per heavy atom. The molecule has 10 heteroatoms. The van der Waals surface area contributed by atoms with Gasteiger partial charge in [-0.25, -0.2) is 9.78 Å². The lowest BCUT2D eigenvalue weighted by Gasteiger charge is -2.08. The molecule has 2 heterocycles. The first-order chi connectivity index (χ1) is 16.8. The van der Waals surface area contributed by atoms with Gasteiger partial charge in [0.1, 0.15) is 35.2 Å². The molecule has 180 valence electrons. The maximum Gasteiger partial charge on any atom is 0.348 e. The van der Waals surface area contributed by atoms with Crippen LogP contribution in [0.4, 0.5) is 5.69 Å². The van der Waals surface area contributed by atoms with Crippen LogP contribution in [0.1, 0.15) is 20.8 Å². The Kier molecular flexibility index (Phi) is 7.48. The molecule has 1 N–H and O–H groups in total. The maximum atomic E-state index is 13.0. The van der Waals surface area contributed by atoms with E-state index >= 15 is 0 Å². The van der Waals surface area contributed by atoms with E-state index in [2.05, 4.69) is 10.3 Å². The van der Waals surface area contributed by atoms with E-state index in [1.54, 1.807) is 25.1 Å². The Morgan fingerprint density at radius 3 is 2.63 bits per heavy atom. The zero-order chi connectivity index (χ0) is 24.9. The lowest BCUT2D eigenvalue weighted by Crippen LogP contribution is -2.28. The van der Waals surface area contributed by atoms with Gasteiger partial charge in [0.05, 0.1) is 11.7 Å². The van der Waals surface area contributed by atoms with Crippen molar-refractivity contribution in [2.24, 2.45) is 0 Å². The number of rotatable bonds is 8. The highest BCUT2D eigenvalue weighted by Crippen LogP contribution is 2.27. The Morgan fingerprint density at radius 2 is 1.89 bits per heavy atom. The molecular formula is C25H22ClN3O5S. The predicted octanol–water partition coefficient (Wildman–Crippen LogP) is 4.60. The number of carbonyl (C=O) groups is 2. The summed E-state index contributed by atoms with van der Waals surface area (Å²) in [4.78, 5) is 43.1. The van der Waals surface area contributed by atoms with Crippen LogP contribution in [-0.4, -0.2) is 34.6 Å². The molecule has 0 bridgehead atoms. The van der Waals surface area contributed by atoms with Crippen molar-refractivity contribution in [1.29, 1.82) is 0 Å². The third-order valence-corrected chi connectivity index (χ3v) is 6.79.